The van der Waals surface area contributed by atoms with E-state index in [1.807, 2.05) is 0 Å². The Balaban J connectivity index is 2.68. The van der Waals surface area contributed by atoms with Gasteiger partial charge in [0.05, 0.1) is 25.9 Å². The van der Waals surface area contributed by atoms with Gasteiger partial charge in [0.1, 0.15) is 0 Å². The van der Waals surface area contributed by atoms with E-state index in [0.717, 1.165) is 6.54 Å². The summed E-state index contributed by atoms with van der Waals surface area (Å²) in [5, 5.41) is 3.48. The molecule has 0 heterocycles. The summed E-state index contributed by atoms with van der Waals surface area (Å²) in [5.41, 5.74) is 4.00. The third kappa shape index (κ3) is 4.41. The molecule has 0 radical (unpaired) electrons. The van der Waals surface area contributed by atoms with Gasteiger partial charge in [0.25, 0.3) is 0 Å². The molecule has 0 aromatic heterocycles. The normalized spacial score (nSPS) is 12.7. The first-order chi connectivity index (χ1) is 8.70. The number of aryl methyl sites for hydroxylation is 1. The molecule has 1 N–H and O–H groups in total. The molecule has 1 rings (SSSR count). The van der Waals surface area contributed by atoms with E-state index in [2.05, 4.69) is 44.3 Å². The lowest BCUT2D eigenvalue weighted by molar-refractivity contribution is 0.0587. The number of nitrogens with one attached hydrogen (secondary N) is 1. The summed E-state index contributed by atoms with van der Waals surface area (Å²) in [6, 6.07) is 6.69. The predicted molar refractivity (Wildman–Crippen MR) is 75.0 cm³/mol. The second-order valence-electron chi connectivity index (χ2n) is 4.47. The van der Waals surface area contributed by atoms with Crippen LogP contribution in [-0.4, -0.2) is 33.5 Å². The molecule has 1 atom stereocenters. The molecular formula is C15H25NO2. The van der Waals surface area contributed by atoms with E-state index in [4.69, 9.17) is 9.47 Å². The van der Waals surface area contributed by atoms with Crippen molar-refractivity contribution >= 4 is 0 Å². The van der Waals surface area contributed by atoms with Crippen LogP contribution >= 0.6 is 0 Å². The van der Waals surface area contributed by atoms with Crippen molar-refractivity contribution in [2.24, 2.45) is 0 Å². The zero-order valence-electron chi connectivity index (χ0n) is 12.0. The van der Waals surface area contributed by atoms with Gasteiger partial charge in [-0.05, 0) is 37.1 Å². The maximum Gasteiger partial charge on any atom is 0.0701 e. The summed E-state index contributed by atoms with van der Waals surface area (Å²) in [5.74, 6) is 0. The smallest absolute Gasteiger partial charge is 0.0701 e. The molecule has 1 aromatic carbocycles. The average molecular weight is 251 g/mol. The largest absolute Gasteiger partial charge is 0.382 e. The van der Waals surface area contributed by atoms with Crippen LogP contribution in [0.3, 0.4) is 0 Å². The molecule has 3 heteroatoms. The fourth-order valence-corrected chi connectivity index (χ4v) is 2.00. The lowest BCUT2D eigenvalue weighted by Crippen LogP contribution is -2.26. The molecule has 1 aromatic rings. The van der Waals surface area contributed by atoms with Crippen molar-refractivity contribution in [1.82, 2.24) is 5.32 Å². The van der Waals surface area contributed by atoms with Crippen molar-refractivity contribution in [1.29, 1.82) is 0 Å². The van der Waals surface area contributed by atoms with Crippen molar-refractivity contribution in [3.8, 4) is 0 Å². The molecule has 18 heavy (non-hydrogen) atoms. The molecule has 0 saturated heterocycles. The van der Waals surface area contributed by atoms with Gasteiger partial charge in [-0.2, -0.15) is 0 Å². The van der Waals surface area contributed by atoms with E-state index in [0.29, 0.717) is 19.8 Å². The van der Waals surface area contributed by atoms with Crippen LogP contribution in [0.15, 0.2) is 18.2 Å². The highest BCUT2D eigenvalue weighted by molar-refractivity contribution is 5.35. The molecule has 0 spiro atoms. The van der Waals surface area contributed by atoms with Gasteiger partial charge in [-0.15, -0.1) is 0 Å². The number of methoxy groups -OCH3 is 1. The first-order valence-electron chi connectivity index (χ1n) is 6.56. The Morgan fingerprint density at radius 2 is 2.00 bits per heavy atom. The summed E-state index contributed by atoms with van der Waals surface area (Å²) in [6.45, 7) is 9.34. The number of likely N-dealkylation sites (N-methyl/N-ethyl adjacent to an activating group) is 1. The Morgan fingerprint density at radius 3 is 2.67 bits per heavy atom. The quantitative estimate of drug-likeness (QED) is 0.720. The lowest BCUT2D eigenvalue weighted by atomic mass is 9.98. The molecule has 0 bridgehead atoms. The molecule has 0 fully saturated rings. The zero-order valence-corrected chi connectivity index (χ0v) is 12.0. The SMILES string of the molecule is CCNC(COCCOC)c1cccc(C)c1C. The van der Waals surface area contributed by atoms with Crippen LogP contribution in [0.4, 0.5) is 0 Å². The number of hydrogen-bond acceptors (Lipinski definition) is 3. The Kier molecular flexibility index (Phi) is 6.94. The van der Waals surface area contributed by atoms with Gasteiger partial charge in [0.2, 0.25) is 0 Å². The van der Waals surface area contributed by atoms with E-state index in [9.17, 15) is 0 Å². The van der Waals surface area contributed by atoms with Crippen molar-refractivity contribution in [2.45, 2.75) is 26.8 Å². The molecular weight excluding hydrogens is 226 g/mol. The minimum absolute atomic E-state index is 0.256. The number of rotatable bonds is 8. The van der Waals surface area contributed by atoms with E-state index in [1.165, 1.54) is 16.7 Å². The number of ether oxygens (including phenoxy) is 2. The van der Waals surface area contributed by atoms with Gasteiger partial charge >= 0.3 is 0 Å². The molecule has 0 aliphatic heterocycles. The second-order valence-corrected chi connectivity index (χ2v) is 4.47. The first kappa shape index (κ1) is 15.2. The van der Waals surface area contributed by atoms with Crippen LogP contribution in [0, 0.1) is 13.8 Å². The van der Waals surface area contributed by atoms with Crippen molar-refractivity contribution in [3.63, 3.8) is 0 Å². The fraction of sp³-hybridized carbons (Fsp3) is 0.600. The Hall–Kier alpha value is -0.900. The second kappa shape index (κ2) is 8.25. The molecule has 0 aliphatic rings. The van der Waals surface area contributed by atoms with Crippen LogP contribution in [0.5, 0.6) is 0 Å². The van der Waals surface area contributed by atoms with Gasteiger partial charge in [-0.3, -0.25) is 0 Å². The molecule has 1 unspecified atom stereocenters. The van der Waals surface area contributed by atoms with Gasteiger partial charge in [0, 0.05) is 7.11 Å². The topological polar surface area (TPSA) is 30.5 Å². The highest BCUT2D eigenvalue weighted by atomic mass is 16.5. The maximum absolute atomic E-state index is 5.65. The minimum Gasteiger partial charge on any atom is -0.382 e. The van der Waals surface area contributed by atoms with Crippen molar-refractivity contribution in [2.75, 3.05) is 33.5 Å². The summed E-state index contributed by atoms with van der Waals surface area (Å²) in [4.78, 5) is 0. The summed E-state index contributed by atoms with van der Waals surface area (Å²) in [6.07, 6.45) is 0. The predicted octanol–water partition coefficient (Wildman–Crippen LogP) is 2.62. The standard InChI is InChI=1S/C15H25NO2/c1-5-16-15(11-18-10-9-17-4)14-8-6-7-12(2)13(14)3/h6-8,15-16H,5,9-11H2,1-4H3. The van der Waals surface area contributed by atoms with Gasteiger partial charge in [-0.1, -0.05) is 25.1 Å². The molecule has 0 aliphatic carbocycles. The van der Waals surface area contributed by atoms with Gasteiger partial charge < -0.3 is 14.8 Å². The monoisotopic (exact) mass is 251 g/mol. The number of benzene rings is 1. The number of hydrogen-bond donors (Lipinski definition) is 1. The summed E-state index contributed by atoms with van der Waals surface area (Å²) >= 11 is 0. The van der Waals surface area contributed by atoms with Crippen LogP contribution in [0.2, 0.25) is 0 Å². The van der Waals surface area contributed by atoms with Crippen LogP contribution in [-0.2, 0) is 9.47 Å². The van der Waals surface area contributed by atoms with E-state index in [1.54, 1.807) is 7.11 Å². The highest BCUT2D eigenvalue weighted by Crippen LogP contribution is 2.20. The van der Waals surface area contributed by atoms with Crippen LogP contribution in [0.25, 0.3) is 0 Å². The Morgan fingerprint density at radius 1 is 1.22 bits per heavy atom. The molecule has 102 valence electrons. The molecule has 0 saturated carbocycles. The van der Waals surface area contributed by atoms with Crippen LogP contribution in [0.1, 0.15) is 29.7 Å². The molecule has 3 nitrogen and oxygen atoms in total. The third-order valence-corrected chi connectivity index (χ3v) is 3.19. The van der Waals surface area contributed by atoms with Crippen molar-refractivity contribution < 1.29 is 9.47 Å². The van der Waals surface area contributed by atoms with Crippen LogP contribution < -0.4 is 5.32 Å². The van der Waals surface area contributed by atoms with Gasteiger partial charge in [0.15, 0.2) is 0 Å². The average Bonchev–Trinajstić information content (AvgIpc) is 2.37. The zero-order chi connectivity index (χ0) is 13.4. The van der Waals surface area contributed by atoms with E-state index in [-0.39, 0.29) is 6.04 Å². The third-order valence-electron chi connectivity index (χ3n) is 3.19. The van der Waals surface area contributed by atoms with Gasteiger partial charge in [-0.25, -0.2) is 0 Å². The maximum atomic E-state index is 5.65. The van der Waals surface area contributed by atoms with E-state index >= 15 is 0 Å². The highest BCUT2D eigenvalue weighted by Gasteiger charge is 2.13. The van der Waals surface area contributed by atoms with Crippen molar-refractivity contribution in [3.05, 3.63) is 34.9 Å². The lowest BCUT2D eigenvalue weighted by Gasteiger charge is -2.21. The fourth-order valence-electron chi connectivity index (χ4n) is 2.00. The Bertz CT molecular complexity index is 352. The van der Waals surface area contributed by atoms with E-state index < -0.39 is 0 Å². The molecule has 0 amide bonds. The first-order valence-corrected chi connectivity index (χ1v) is 6.56. The summed E-state index contributed by atoms with van der Waals surface area (Å²) in [7, 11) is 1.69. The minimum atomic E-state index is 0.256. The Labute approximate surface area is 110 Å². The summed E-state index contributed by atoms with van der Waals surface area (Å²) < 4.78 is 10.6.